The van der Waals surface area contributed by atoms with E-state index in [1.165, 1.54) is 57.4 Å². The Morgan fingerprint density at radius 3 is 1.71 bits per heavy atom. The topological polar surface area (TPSA) is 158 Å². The summed E-state index contributed by atoms with van der Waals surface area (Å²) in [4.78, 5) is 37.8. The van der Waals surface area contributed by atoms with Crippen LogP contribution in [-0.4, -0.2) is 71.8 Å². The zero-order valence-electron chi connectivity index (χ0n) is 39.1. The third-order valence-electron chi connectivity index (χ3n) is 10.7. The Kier molecular flexibility index (Phi) is 30.5. The lowest BCUT2D eigenvalue weighted by atomic mass is 10.1. The van der Waals surface area contributed by atoms with Crippen LogP contribution < -0.4 is 9.62 Å². The Hall–Kier alpha value is -3.06. The van der Waals surface area contributed by atoms with Crippen molar-refractivity contribution in [2.45, 2.75) is 179 Å². The third kappa shape index (κ3) is 26.5. The number of fused-ring (bicyclic) bond motifs is 1. The molecular weight excluding hydrogens is 840 g/mol. The number of esters is 2. The molecule has 0 aromatic heterocycles. The van der Waals surface area contributed by atoms with E-state index in [4.69, 9.17) is 18.5 Å². The molecule has 0 aliphatic rings. The van der Waals surface area contributed by atoms with Gasteiger partial charge in [0.15, 0.2) is 6.10 Å². The highest BCUT2D eigenvalue weighted by atomic mass is 32.2. The first-order chi connectivity index (χ1) is 30.4. The van der Waals surface area contributed by atoms with Crippen LogP contribution >= 0.6 is 7.82 Å². The smallest absolute Gasteiger partial charge is 0.462 e. The van der Waals surface area contributed by atoms with Crippen LogP contribution in [0.5, 0.6) is 0 Å². The molecule has 0 bridgehead atoms. The molecular formula is C49H81N2O10PS. The predicted octanol–water partition coefficient (Wildman–Crippen LogP) is 12.3. The van der Waals surface area contributed by atoms with Gasteiger partial charge < -0.3 is 19.3 Å². The number of anilines is 1. The maximum atomic E-state index is 13.3. The van der Waals surface area contributed by atoms with Crippen LogP contribution in [0.3, 0.4) is 0 Å². The van der Waals surface area contributed by atoms with E-state index >= 15 is 0 Å². The monoisotopic (exact) mass is 921 g/mol. The number of allylic oxidation sites excluding steroid dienone is 4. The number of hydrogen-bond acceptors (Lipinski definition) is 10. The Morgan fingerprint density at radius 2 is 1.16 bits per heavy atom. The summed E-state index contributed by atoms with van der Waals surface area (Å²) in [6.45, 7) is 2.73. The van der Waals surface area contributed by atoms with Crippen LogP contribution in [-0.2, 0) is 42.7 Å². The fraction of sp³-hybridized carbons (Fsp3) is 0.673. The molecule has 0 saturated heterocycles. The van der Waals surface area contributed by atoms with Crippen molar-refractivity contribution in [3.8, 4) is 0 Å². The van der Waals surface area contributed by atoms with Gasteiger partial charge in [-0.15, -0.1) is 0 Å². The van der Waals surface area contributed by atoms with E-state index in [1.807, 2.05) is 31.1 Å². The van der Waals surface area contributed by atoms with Crippen LogP contribution in [0, 0.1) is 0 Å². The number of unbranched alkanes of at least 4 members (excludes halogenated alkanes) is 18. The van der Waals surface area contributed by atoms with Gasteiger partial charge in [-0.05, 0) is 76.3 Å². The summed E-state index contributed by atoms with van der Waals surface area (Å²) < 4.78 is 63.0. The zero-order valence-corrected chi connectivity index (χ0v) is 40.8. The van der Waals surface area contributed by atoms with Crippen molar-refractivity contribution in [2.75, 3.05) is 45.4 Å². The lowest BCUT2D eigenvalue weighted by molar-refractivity contribution is -0.161. The number of rotatable bonds is 39. The van der Waals surface area contributed by atoms with E-state index < -0.39 is 49.1 Å². The minimum absolute atomic E-state index is 0.0642. The summed E-state index contributed by atoms with van der Waals surface area (Å²) in [6.07, 6.45) is 32.4. The number of carbonyl (C=O) groups excluding carboxylic acids is 2. The van der Waals surface area contributed by atoms with E-state index in [0.29, 0.717) is 18.2 Å². The first-order valence-corrected chi connectivity index (χ1v) is 26.8. The quantitative estimate of drug-likeness (QED) is 0.0284. The number of nitrogens with zero attached hydrogens (tertiary/aromatic N) is 1. The second kappa shape index (κ2) is 34.3. The van der Waals surface area contributed by atoms with Gasteiger partial charge in [0.05, 0.1) is 18.1 Å². The second-order valence-corrected chi connectivity index (χ2v) is 19.8. The zero-order chi connectivity index (χ0) is 46.0. The molecule has 2 unspecified atom stereocenters. The van der Waals surface area contributed by atoms with Gasteiger partial charge in [-0.1, -0.05) is 139 Å². The molecule has 358 valence electrons. The normalized spacial score (nSPS) is 13.5. The van der Waals surface area contributed by atoms with Crippen molar-refractivity contribution in [1.29, 1.82) is 0 Å². The highest BCUT2D eigenvalue weighted by Crippen LogP contribution is 2.43. The van der Waals surface area contributed by atoms with Gasteiger partial charge in [0.2, 0.25) is 10.0 Å². The number of hydrogen-bond donors (Lipinski definition) is 2. The van der Waals surface area contributed by atoms with Crippen molar-refractivity contribution in [3.63, 3.8) is 0 Å². The molecule has 0 heterocycles. The fourth-order valence-corrected chi connectivity index (χ4v) is 9.09. The summed E-state index contributed by atoms with van der Waals surface area (Å²) in [7, 11) is -4.99. The number of nitrogens with one attached hydrogen (secondary N) is 1. The Morgan fingerprint density at radius 1 is 0.667 bits per heavy atom. The molecule has 63 heavy (non-hydrogen) atoms. The van der Waals surface area contributed by atoms with E-state index in [-0.39, 0.29) is 30.9 Å². The SMILES string of the molecule is CCCCCC/C=C\CCCCCCCC(=O)OCC(COP(=O)(O)OCCNS(=O)(=O)c1cccc2c(N(C)C)cccc12)OC(=O)CCCCCCC/C=C\CCCCCC. The van der Waals surface area contributed by atoms with Crippen molar-refractivity contribution in [3.05, 3.63) is 60.7 Å². The number of phosphoric acid groups is 1. The van der Waals surface area contributed by atoms with Crippen molar-refractivity contribution >= 4 is 46.2 Å². The van der Waals surface area contributed by atoms with Crippen LogP contribution in [0.1, 0.15) is 168 Å². The van der Waals surface area contributed by atoms with Crippen molar-refractivity contribution in [2.24, 2.45) is 0 Å². The average molecular weight is 921 g/mol. The standard InChI is InChI=1S/C49H81N2O10PS/c1-5-7-9-11-13-15-17-19-21-23-25-27-29-37-48(52)58-41-43(61-49(53)38-30-28-26-24-22-20-18-16-14-12-10-8-6-2)42-60-62(54,55)59-40-39-50-63(56,57)47-36-32-33-44-45(47)34-31-35-46(44)51(3)4/h15-18,31-36,43,50H,5-14,19-30,37-42H2,1-4H3,(H,54,55)/b17-15-,18-16-. The highest BCUT2D eigenvalue weighted by Gasteiger charge is 2.27. The van der Waals surface area contributed by atoms with Crippen LogP contribution in [0.4, 0.5) is 5.69 Å². The van der Waals surface area contributed by atoms with Gasteiger partial charge in [-0.2, -0.15) is 0 Å². The van der Waals surface area contributed by atoms with E-state index in [2.05, 4.69) is 42.9 Å². The summed E-state index contributed by atoms with van der Waals surface area (Å²) in [5.74, 6) is -0.973. The first-order valence-electron chi connectivity index (χ1n) is 23.9. The predicted molar refractivity (Wildman–Crippen MR) is 256 cm³/mol. The Balaban J connectivity index is 1.82. The van der Waals surface area contributed by atoms with Crippen LogP contribution in [0.25, 0.3) is 10.8 Å². The van der Waals surface area contributed by atoms with Gasteiger partial charge >= 0.3 is 19.8 Å². The van der Waals surface area contributed by atoms with Gasteiger partial charge in [0, 0.05) is 49.9 Å². The molecule has 0 radical (unpaired) electrons. The molecule has 2 aromatic rings. The minimum Gasteiger partial charge on any atom is -0.462 e. The van der Waals surface area contributed by atoms with E-state index in [1.54, 1.807) is 18.2 Å². The molecule has 2 rings (SSSR count). The third-order valence-corrected chi connectivity index (χ3v) is 13.2. The molecule has 2 aromatic carbocycles. The number of ether oxygens (including phenoxy) is 2. The largest absolute Gasteiger partial charge is 0.472 e. The molecule has 0 amide bonds. The lowest BCUT2D eigenvalue weighted by Crippen LogP contribution is -2.30. The Labute approximate surface area is 380 Å². The summed E-state index contributed by atoms with van der Waals surface area (Å²) >= 11 is 0. The molecule has 0 spiro atoms. The van der Waals surface area contributed by atoms with Gasteiger partial charge in [0.1, 0.15) is 6.61 Å². The minimum atomic E-state index is -4.72. The average Bonchev–Trinajstić information content (AvgIpc) is 3.26. The van der Waals surface area contributed by atoms with Gasteiger partial charge in [-0.25, -0.2) is 17.7 Å². The van der Waals surface area contributed by atoms with Crippen LogP contribution in [0.2, 0.25) is 0 Å². The Bertz CT molecular complexity index is 1770. The number of carbonyl (C=O) groups is 2. The molecule has 0 fully saturated rings. The highest BCUT2D eigenvalue weighted by molar-refractivity contribution is 7.89. The van der Waals surface area contributed by atoms with Crippen molar-refractivity contribution in [1.82, 2.24) is 4.72 Å². The van der Waals surface area contributed by atoms with Gasteiger partial charge in [-0.3, -0.25) is 18.6 Å². The number of phosphoric ester groups is 1. The number of sulfonamides is 1. The van der Waals surface area contributed by atoms with Gasteiger partial charge in [0.25, 0.3) is 0 Å². The molecule has 12 nitrogen and oxygen atoms in total. The number of benzene rings is 2. The summed E-state index contributed by atoms with van der Waals surface area (Å²) in [5, 5.41) is 1.29. The molecule has 0 aliphatic carbocycles. The van der Waals surface area contributed by atoms with Crippen LogP contribution in [0.15, 0.2) is 65.6 Å². The maximum absolute atomic E-state index is 13.3. The second-order valence-electron chi connectivity index (χ2n) is 16.6. The lowest BCUT2D eigenvalue weighted by Gasteiger charge is -2.20. The van der Waals surface area contributed by atoms with E-state index in [0.717, 1.165) is 88.1 Å². The molecule has 2 N–H and O–H groups in total. The maximum Gasteiger partial charge on any atom is 0.472 e. The molecule has 0 aliphatic heterocycles. The first kappa shape index (κ1) is 56.1. The molecule has 2 atom stereocenters. The summed E-state index contributed by atoms with van der Waals surface area (Å²) in [6, 6.07) is 10.4. The van der Waals surface area contributed by atoms with Crippen molar-refractivity contribution < 1.29 is 46.0 Å². The molecule has 14 heteroatoms. The van der Waals surface area contributed by atoms with E-state index in [9.17, 15) is 27.5 Å². The summed E-state index contributed by atoms with van der Waals surface area (Å²) in [5.41, 5.74) is 0.857. The fourth-order valence-electron chi connectivity index (χ4n) is 7.11. The molecule has 0 saturated carbocycles.